The smallest absolute Gasteiger partial charge is 0.406 e. The van der Waals surface area contributed by atoms with E-state index in [1.807, 2.05) is 0 Å². The molecule has 0 atom stereocenters. The van der Waals surface area contributed by atoms with Crippen LogP contribution in [0, 0.1) is 5.82 Å². The molecule has 0 aliphatic rings. The Morgan fingerprint density at radius 2 is 1.65 bits per heavy atom. The first kappa shape index (κ1) is 14.3. The van der Waals surface area contributed by atoms with Crippen molar-refractivity contribution >= 4 is 0 Å². The fourth-order valence-corrected chi connectivity index (χ4v) is 1.87. The van der Waals surface area contributed by atoms with Crippen molar-refractivity contribution in [3.8, 4) is 16.9 Å². The van der Waals surface area contributed by atoms with Crippen molar-refractivity contribution in [1.29, 1.82) is 0 Å². The van der Waals surface area contributed by atoms with Crippen LogP contribution in [0.15, 0.2) is 42.5 Å². The highest BCUT2D eigenvalue weighted by atomic mass is 19.4. The van der Waals surface area contributed by atoms with Crippen molar-refractivity contribution in [2.24, 2.45) is 5.73 Å². The van der Waals surface area contributed by atoms with Crippen LogP contribution in [0.2, 0.25) is 0 Å². The van der Waals surface area contributed by atoms with E-state index < -0.39 is 12.2 Å². The lowest BCUT2D eigenvalue weighted by Gasteiger charge is -2.11. The van der Waals surface area contributed by atoms with Crippen molar-refractivity contribution in [2.45, 2.75) is 12.9 Å². The molecule has 2 nitrogen and oxygen atoms in total. The second kappa shape index (κ2) is 5.50. The van der Waals surface area contributed by atoms with Crippen molar-refractivity contribution in [3.63, 3.8) is 0 Å². The van der Waals surface area contributed by atoms with Crippen LogP contribution < -0.4 is 10.5 Å². The minimum atomic E-state index is -4.73. The Kier molecular flexibility index (Phi) is 3.94. The molecule has 0 aromatic heterocycles. The van der Waals surface area contributed by atoms with E-state index in [2.05, 4.69) is 4.74 Å². The van der Waals surface area contributed by atoms with E-state index in [9.17, 15) is 17.6 Å². The Morgan fingerprint density at radius 3 is 2.20 bits per heavy atom. The predicted octanol–water partition coefficient (Wildman–Crippen LogP) is 3.85. The number of halogens is 4. The molecule has 0 fully saturated rings. The first-order valence-electron chi connectivity index (χ1n) is 5.74. The van der Waals surface area contributed by atoms with Crippen LogP contribution in [0.25, 0.3) is 11.1 Å². The predicted molar refractivity (Wildman–Crippen MR) is 66.4 cm³/mol. The lowest BCUT2D eigenvalue weighted by atomic mass is 9.99. The fraction of sp³-hybridized carbons (Fsp3) is 0.143. The molecule has 0 spiro atoms. The molecule has 2 rings (SSSR count). The summed E-state index contributed by atoms with van der Waals surface area (Å²) in [5.74, 6) is -0.771. The van der Waals surface area contributed by atoms with Gasteiger partial charge in [0.1, 0.15) is 11.6 Å². The van der Waals surface area contributed by atoms with E-state index in [1.54, 1.807) is 6.07 Å². The number of hydrogen-bond donors (Lipinski definition) is 1. The standard InChI is InChI=1S/C14H11F4NO/c15-13-3-1-2-11(12(13)8-19)9-4-6-10(7-5-9)20-14(16,17)18/h1-7H,8,19H2. The number of benzene rings is 2. The summed E-state index contributed by atoms with van der Waals surface area (Å²) in [7, 11) is 0. The van der Waals surface area contributed by atoms with Gasteiger partial charge in [-0.2, -0.15) is 0 Å². The quantitative estimate of drug-likeness (QED) is 0.869. The molecule has 0 heterocycles. The van der Waals surface area contributed by atoms with E-state index in [4.69, 9.17) is 5.73 Å². The zero-order chi connectivity index (χ0) is 14.8. The second-order valence-electron chi connectivity index (χ2n) is 4.04. The Bertz CT molecular complexity index is 593. The number of nitrogens with two attached hydrogens (primary N) is 1. The van der Waals surface area contributed by atoms with Crippen LogP contribution in [0.4, 0.5) is 17.6 Å². The zero-order valence-corrected chi connectivity index (χ0v) is 10.2. The van der Waals surface area contributed by atoms with E-state index in [0.29, 0.717) is 16.7 Å². The Balaban J connectivity index is 2.33. The van der Waals surface area contributed by atoms with Gasteiger partial charge in [0.05, 0.1) is 0 Å². The molecule has 2 aromatic rings. The lowest BCUT2D eigenvalue weighted by Crippen LogP contribution is -2.16. The van der Waals surface area contributed by atoms with Crippen LogP contribution in [-0.2, 0) is 6.54 Å². The molecule has 0 saturated heterocycles. The molecule has 20 heavy (non-hydrogen) atoms. The minimum Gasteiger partial charge on any atom is -0.406 e. The summed E-state index contributed by atoms with van der Waals surface area (Å²) < 4.78 is 53.5. The van der Waals surface area contributed by atoms with Crippen LogP contribution in [0.1, 0.15) is 5.56 Å². The molecule has 6 heteroatoms. The van der Waals surface area contributed by atoms with Crippen molar-refractivity contribution in [3.05, 3.63) is 53.8 Å². The van der Waals surface area contributed by atoms with Gasteiger partial charge in [-0.25, -0.2) is 4.39 Å². The monoisotopic (exact) mass is 285 g/mol. The second-order valence-corrected chi connectivity index (χ2v) is 4.04. The molecule has 0 aliphatic carbocycles. The zero-order valence-electron chi connectivity index (χ0n) is 10.2. The summed E-state index contributed by atoms with van der Waals surface area (Å²) in [6.45, 7) is 0.00279. The van der Waals surface area contributed by atoms with Gasteiger partial charge >= 0.3 is 6.36 Å². The molecule has 0 radical (unpaired) electrons. The van der Waals surface area contributed by atoms with Gasteiger partial charge in [-0.1, -0.05) is 24.3 Å². The number of ether oxygens (including phenoxy) is 1. The summed E-state index contributed by atoms with van der Waals surface area (Å²) in [6.07, 6.45) is -4.73. The summed E-state index contributed by atoms with van der Waals surface area (Å²) in [5.41, 5.74) is 6.92. The maximum atomic E-state index is 13.6. The molecule has 106 valence electrons. The Morgan fingerprint density at radius 1 is 1.00 bits per heavy atom. The number of rotatable bonds is 3. The first-order valence-corrected chi connectivity index (χ1v) is 5.74. The van der Waals surface area contributed by atoms with Gasteiger partial charge in [-0.3, -0.25) is 0 Å². The highest BCUT2D eigenvalue weighted by molar-refractivity contribution is 5.68. The minimum absolute atomic E-state index is 0.00279. The van der Waals surface area contributed by atoms with Crippen molar-refractivity contribution < 1.29 is 22.3 Å². The van der Waals surface area contributed by atoms with Crippen molar-refractivity contribution in [1.82, 2.24) is 0 Å². The third-order valence-corrected chi connectivity index (χ3v) is 2.72. The largest absolute Gasteiger partial charge is 0.573 e. The highest BCUT2D eigenvalue weighted by Crippen LogP contribution is 2.29. The van der Waals surface area contributed by atoms with Gasteiger partial charge in [-0.15, -0.1) is 13.2 Å². The molecule has 0 bridgehead atoms. The fourth-order valence-electron chi connectivity index (χ4n) is 1.87. The molecular formula is C14H11F4NO. The molecular weight excluding hydrogens is 274 g/mol. The number of alkyl halides is 3. The van der Waals surface area contributed by atoms with Crippen LogP contribution in [-0.4, -0.2) is 6.36 Å². The third-order valence-electron chi connectivity index (χ3n) is 2.72. The number of hydrogen-bond acceptors (Lipinski definition) is 2. The highest BCUT2D eigenvalue weighted by Gasteiger charge is 2.30. The summed E-state index contributed by atoms with van der Waals surface area (Å²) in [5, 5.41) is 0. The van der Waals surface area contributed by atoms with Gasteiger partial charge in [0.2, 0.25) is 0 Å². The van der Waals surface area contributed by atoms with Crippen LogP contribution in [0.3, 0.4) is 0 Å². The molecule has 2 N–H and O–H groups in total. The molecule has 0 saturated carbocycles. The lowest BCUT2D eigenvalue weighted by molar-refractivity contribution is -0.274. The third kappa shape index (κ3) is 3.27. The van der Waals surface area contributed by atoms with E-state index >= 15 is 0 Å². The Hall–Kier alpha value is -2.08. The molecule has 2 aromatic carbocycles. The Labute approximate surface area is 112 Å². The normalized spacial score (nSPS) is 11.4. The van der Waals surface area contributed by atoms with Crippen molar-refractivity contribution in [2.75, 3.05) is 0 Å². The average Bonchev–Trinajstić information content (AvgIpc) is 2.37. The van der Waals surface area contributed by atoms with Gasteiger partial charge in [0.15, 0.2) is 0 Å². The maximum absolute atomic E-state index is 13.6. The topological polar surface area (TPSA) is 35.2 Å². The van der Waals surface area contributed by atoms with Gasteiger partial charge in [0, 0.05) is 12.1 Å². The van der Waals surface area contributed by atoms with E-state index in [1.165, 1.54) is 36.4 Å². The SMILES string of the molecule is NCc1c(F)cccc1-c1ccc(OC(F)(F)F)cc1. The summed E-state index contributed by atoms with van der Waals surface area (Å²) in [6, 6.07) is 9.66. The van der Waals surface area contributed by atoms with Crippen LogP contribution >= 0.6 is 0 Å². The summed E-state index contributed by atoms with van der Waals surface area (Å²) in [4.78, 5) is 0. The molecule has 0 unspecified atom stereocenters. The maximum Gasteiger partial charge on any atom is 0.573 e. The first-order chi connectivity index (χ1) is 9.40. The van der Waals surface area contributed by atoms with Crippen LogP contribution in [0.5, 0.6) is 5.75 Å². The van der Waals surface area contributed by atoms with E-state index in [0.717, 1.165) is 0 Å². The van der Waals surface area contributed by atoms with Gasteiger partial charge in [-0.05, 0) is 29.3 Å². The molecule has 0 aliphatic heterocycles. The van der Waals surface area contributed by atoms with Gasteiger partial charge in [0.25, 0.3) is 0 Å². The van der Waals surface area contributed by atoms with Gasteiger partial charge < -0.3 is 10.5 Å². The average molecular weight is 285 g/mol. The van der Waals surface area contributed by atoms with E-state index in [-0.39, 0.29) is 12.3 Å². The summed E-state index contributed by atoms with van der Waals surface area (Å²) >= 11 is 0. The molecule has 0 amide bonds.